The van der Waals surface area contributed by atoms with Crippen LogP contribution in [0.5, 0.6) is 0 Å². The van der Waals surface area contributed by atoms with Crippen molar-refractivity contribution in [3.05, 3.63) is 70.3 Å². The summed E-state index contributed by atoms with van der Waals surface area (Å²) < 4.78 is 42.9. The maximum Gasteiger partial charge on any atom is 0.261 e. The van der Waals surface area contributed by atoms with Gasteiger partial charge in [-0.3, -0.25) is 9.36 Å². The number of guanidine groups is 1. The van der Waals surface area contributed by atoms with Crippen LogP contribution in [0, 0.1) is 34.8 Å². The third kappa shape index (κ3) is 5.66. The van der Waals surface area contributed by atoms with E-state index in [1.807, 2.05) is 12.1 Å². The van der Waals surface area contributed by atoms with Gasteiger partial charge in [0.25, 0.3) is 5.56 Å². The Morgan fingerprint density at radius 3 is 2.70 bits per heavy atom. The molecule has 10 heteroatoms. The van der Waals surface area contributed by atoms with Crippen LogP contribution in [0.4, 0.5) is 18.9 Å². The fraction of sp³-hybridized carbons (Fsp3) is 0.545. The number of aliphatic imine (C=N–C) groups is 1. The quantitative estimate of drug-likeness (QED) is 0.289. The van der Waals surface area contributed by atoms with Gasteiger partial charge in [-0.25, -0.2) is 23.1 Å². The Balaban J connectivity index is 1.27. The van der Waals surface area contributed by atoms with Crippen molar-refractivity contribution in [1.29, 1.82) is 0 Å². The van der Waals surface area contributed by atoms with Gasteiger partial charge in [-0.05, 0) is 79.2 Å². The van der Waals surface area contributed by atoms with E-state index < -0.39 is 29.9 Å². The average molecular weight is 595 g/mol. The number of nitrogens with one attached hydrogen (secondary N) is 2. The van der Waals surface area contributed by atoms with E-state index in [2.05, 4.69) is 48.2 Å². The number of hydrogen-bond donors (Lipinski definition) is 2. The Hall–Kier alpha value is -3.40. The second-order valence-electron chi connectivity index (χ2n) is 13.3. The molecule has 6 atom stereocenters. The van der Waals surface area contributed by atoms with Crippen LogP contribution in [0.1, 0.15) is 52.1 Å². The predicted octanol–water partition coefficient (Wildman–Crippen LogP) is 5.56. The lowest BCUT2D eigenvalue weighted by Crippen LogP contribution is -2.57. The van der Waals surface area contributed by atoms with Gasteiger partial charge in [0.2, 0.25) is 0 Å². The summed E-state index contributed by atoms with van der Waals surface area (Å²) in [6, 6.07) is 8.11. The molecule has 0 radical (unpaired) electrons. The zero-order valence-corrected chi connectivity index (χ0v) is 25.3. The molecule has 1 aromatic heterocycles. The van der Waals surface area contributed by atoms with Crippen LogP contribution in [0.15, 0.2) is 52.5 Å². The smallest absolute Gasteiger partial charge is 0.261 e. The molecule has 230 valence electrons. The molecular weight excluding hydrogens is 553 g/mol. The van der Waals surface area contributed by atoms with E-state index in [1.54, 1.807) is 6.07 Å². The van der Waals surface area contributed by atoms with E-state index >= 15 is 0 Å². The van der Waals surface area contributed by atoms with Crippen molar-refractivity contribution in [3.63, 3.8) is 0 Å². The molecule has 7 rings (SSSR count). The Labute approximate surface area is 250 Å². The summed E-state index contributed by atoms with van der Waals surface area (Å²) in [7, 11) is 0. The van der Waals surface area contributed by atoms with Crippen molar-refractivity contribution < 1.29 is 13.2 Å². The Morgan fingerprint density at radius 2 is 2.00 bits per heavy atom. The average Bonchev–Trinajstić information content (AvgIpc) is 2.97. The normalized spacial score (nSPS) is 27.6. The lowest BCUT2D eigenvalue weighted by atomic mass is 9.45. The zero-order valence-electron chi connectivity index (χ0n) is 25.3. The van der Waals surface area contributed by atoms with Crippen molar-refractivity contribution in [2.24, 2.45) is 28.2 Å². The molecule has 4 aliphatic rings. The Bertz CT molecular complexity index is 1590. The van der Waals surface area contributed by atoms with E-state index in [0.717, 1.165) is 49.8 Å². The minimum atomic E-state index is -0.968. The molecule has 2 aromatic carbocycles. The Kier molecular flexibility index (Phi) is 8.00. The van der Waals surface area contributed by atoms with Crippen LogP contribution in [-0.4, -0.2) is 58.8 Å². The number of anilines is 1. The monoisotopic (exact) mass is 594 g/mol. The van der Waals surface area contributed by atoms with Crippen LogP contribution in [0.3, 0.4) is 0 Å². The largest absolute Gasteiger partial charge is 0.340 e. The molecule has 7 nitrogen and oxygen atoms in total. The van der Waals surface area contributed by atoms with Gasteiger partial charge in [0.1, 0.15) is 18.3 Å². The summed E-state index contributed by atoms with van der Waals surface area (Å²) in [6.45, 7) is 11.0. The van der Waals surface area contributed by atoms with Gasteiger partial charge in [-0.1, -0.05) is 26.8 Å². The van der Waals surface area contributed by atoms with E-state index in [1.165, 1.54) is 23.4 Å². The molecule has 2 N–H and O–H groups in total. The molecule has 6 unspecified atom stereocenters. The summed E-state index contributed by atoms with van der Waals surface area (Å²) in [6.07, 6.45) is 3.60. The number of nitrogens with zero attached hydrogens (tertiary/aromatic N) is 4. The van der Waals surface area contributed by atoms with Crippen LogP contribution in [-0.2, 0) is 6.42 Å². The lowest BCUT2D eigenvalue weighted by Gasteiger charge is -2.61. The zero-order chi connectivity index (χ0) is 30.5. The highest BCUT2D eigenvalue weighted by atomic mass is 19.1. The number of benzene rings is 2. The number of rotatable bonds is 6. The van der Waals surface area contributed by atoms with Crippen molar-refractivity contribution in [3.8, 4) is 0 Å². The highest BCUT2D eigenvalue weighted by Crippen LogP contribution is 2.61. The molecule has 1 aliphatic heterocycles. The molecule has 2 heterocycles. The van der Waals surface area contributed by atoms with Gasteiger partial charge in [-0.15, -0.1) is 0 Å². The van der Waals surface area contributed by atoms with Crippen molar-refractivity contribution in [1.82, 2.24) is 19.8 Å². The number of hydrogen-bond acceptors (Lipinski definition) is 4. The first kappa shape index (κ1) is 29.7. The second kappa shape index (κ2) is 11.6. The van der Waals surface area contributed by atoms with Crippen molar-refractivity contribution in [2.45, 2.75) is 65.1 Å². The number of aromatic nitrogens is 2. The number of halogens is 3. The maximum atomic E-state index is 14.3. The highest BCUT2D eigenvalue weighted by Gasteiger charge is 2.56. The van der Waals surface area contributed by atoms with Crippen molar-refractivity contribution >= 4 is 22.5 Å². The van der Waals surface area contributed by atoms with Crippen LogP contribution in [0.25, 0.3) is 10.9 Å². The first-order valence-electron chi connectivity index (χ1n) is 15.4. The Morgan fingerprint density at radius 1 is 1.19 bits per heavy atom. The fourth-order valence-corrected chi connectivity index (χ4v) is 7.54. The van der Waals surface area contributed by atoms with Gasteiger partial charge in [-0.2, -0.15) is 0 Å². The predicted molar refractivity (Wildman–Crippen MR) is 164 cm³/mol. The minimum Gasteiger partial charge on any atom is -0.340 e. The first-order chi connectivity index (χ1) is 20.5. The van der Waals surface area contributed by atoms with E-state index in [4.69, 9.17) is 4.99 Å². The summed E-state index contributed by atoms with van der Waals surface area (Å²) in [5.41, 5.74) is 1.35. The minimum absolute atomic E-state index is 0.100. The number of fused-ring (bicyclic) bond motifs is 3. The van der Waals surface area contributed by atoms with Gasteiger partial charge < -0.3 is 15.5 Å². The van der Waals surface area contributed by atoms with Gasteiger partial charge >= 0.3 is 0 Å². The van der Waals surface area contributed by atoms with Crippen LogP contribution >= 0.6 is 0 Å². The van der Waals surface area contributed by atoms with Crippen LogP contribution < -0.4 is 16.2 Å². The molecule has 3 aromatic rings. The third-order valence-corrected chi connectivity index (χ3v) is 10.4. The molecule has 2 bridgehead atoms. The SMILES string of the molecule is CC1CN(C(=NC2CC3CC(C2C)C3(C)C)Nc2ccc3c(=O)n(C(CF)Cc4ccc(F)cc4F)cnc3c2)CCN1. The van der Waals surface area contributed by atoms with Crippen molar-refractivity contribution in [2.75, 3.05) is 31.6 Å². The summed E-state index contributed by atoms with van der Waals surface area (Å²) in [5, 5.41) is 7.40. The molecule has 1 saturated heterocycles. The molecule has 3 aliphatic carbocycles. The third-order valence-electron chi connectivity index (χ3n) is 10.4. The lowest BCUT2D eigenvalue weighted by molar-refractivity contribution is -0.108. The van der Waals surface area contributed by atoms with E-state index in [0.29, 0.717) is 40.1 Å². The standard InChI is InChI=1S/C33H41F3N6O/c1-19-17-41(10-9-37-19)32(40-29-13-22-12-27(20(29)2)33(22,3)4)39-24-7-8-26-30(15-24)38-18-42(31(26)43)25(16-34)11-21-5-6-23(35)14-28(21)36/h5-8,14-15,18-20,22,25,27,29,37H,9-13,16-17H2,1-4H3,(H,39,40). The summed E-state index contributed by atoms with van der Waals surface area (Å²) >= 11 is 0. The van der Waals surface area contributed by atoms with Gasteiger partial charge in [0, 0.05) is 37.4 Å². The fourth-order valence-electron chi connectivity index (χ4n) is 7.54. The molecule has 4 fully saturated rings. The molecule has 0 spiro atoms. The molecule has 0 amide bonds. The van der Waals surface area contributed by atoms with Gasteiger partial charge in [0.05, 0.1) is 29.3 Å². The number of alkyl halides is 1. The molecule has 43 heavy (non-hydrogen) atoms. The first-order valence-corrected chi connectivity index (χ1v) is 15.4. The topological polar surface area (TPSA) is 74.5 Å². The maximum absolute atomic E-state index is 14.3. The van der Waals surface area contributed by atoms with Gasteiger partial charge in [0.15, 0.2) is 5.96 Å². The number of piperazine rings is 1. The molecular formula is C33H41F3N6O. The summed E-state index contributed by atoms with van der Waals surface area (Å²) in [5.74, 6) is 1.25. The van der Waals surface area contributed by atoms with Crippen LogP contribution in [0.2, 0.25) is 0 Å². The van der Waals surface area contributed by atoms with E-state index in [-0.39, 0.29) is 18.0 Å². The summed E-state index contributed by atoms with van der Waals surface area (Å²) in [4.78, 5) is 25.5. The molecule has 3 saturated carbocycles. The highest BCUT2D eigenvalue weighted by molar-refractivity contribution is 5.96. The second-order valence-corrected chi connectivity index (χ2v) is 13.3. The van der Waals surface area contributed by atoms with E-state index in [9.17, 15) is 18.0 Å².